The van der Waals surface area contributed by atoms with Crippen molar-refractivity contribution in [1.82, 2.24) is 9.97 Å². The van der Waals surface area contributed by atoms with Crippen molar-refractivity contribution in [3.05, 3.63) is 156 Å². The quantitative estimate of drug-likeness (QED) is 0.172. The minimum absolute atomic E-state index is 0. The van der Waals surface area contributed by atoms with Crippen molar-refractivity contribution in [2.24, 2.45) is 0 Å². The van der Waals surface area contributed by atoms with Crippen molar-refractivity contribution in [2.75, 3.05) is 0 Å². The molecule has 0 saturated heterocycles. The summed E-state index contributed by atoms with van der Waals surface area (Å²) in [6.07, 6.45) is 1.82. The number of hydrogen-bond donors (Lipinski definition) is 0. The third kappa shape index (κ3) is 5.83. The van der Waals surface area contributed by atoms with Crippen LogP contribution in [0, 0.1) is 19.1 Å². The minimum Gasteiger partial charge on any atom is -0.305 e. The smallest absolute Gasteiger partial charge is 0.0266 e. The van der Waals surface area contributed by atoms with Crippen LogP contribution in [0.4, 0.5) is 0 Å². The van der Waals surface area contributed by atoms with Crippen molar-refractivity contribution in [1.29, 1.82) is 0 Å². The Hall–Kier alpha value is -4.17. The van der Waals surface area contributed by atoms with Gasteiger partial charge >= 0.3 is 0 Å². The topological polar surface area (TPSA) is 25.8 Å². The molecule has 0 amide bonds. The normalized spacial score (nSPS) is 12.3. The molecule has 1 aliphatic carbocycles. The van der Waals surface area contributed by atoms with Gasteiger partial charge in [0.2, 0.25) is 0 Å². The first kappa shape index (κ1) is 28.4. The summed E-state index contributed by atoms with van der Waals surface area (Å²) in [6, 6.07) is 48.3. The summed E-state index contributed by atoms with van der Waals surface area (Å²) in [5, 5.41) is 0. The van der Waals surface area contributed by atoms with E-state index >= 15 is 0 Å². The number of nitrogens with zero attached hydrogens (tertiary/aromatic N) is 2. The zero-order valence-electron chi connectivity index (χ0n) is 23.4. The maximum atomic E-state index is 4.41. The Morgan fingerprint density at radius 3 is 2.07 bits per heavy atom. The average Bonchev–Trinajstić information content (AvgIpc) is 3.24. The molecule has 1 aliphatic rings. The molecule has 203 valence electrons. The van der Waals surface area contributed by atoms with Gasteiger partial charge < -0.3 is 9.97 Å². The number of fused-ring (bicyclic) bond motifs is 3. The van der Waals surface area contributed by atoms with Gasteiger partial charge in [-0.3, -0.25) is 0 Å². The van der Waals surface area contributed by atoms with Crippen LogP contribution in [0.5, 0.6) is 0 Å². The fourth-order valence-electron chi connectivity index (χ4n) is 5.42. The van der Waals surface area contributed by atoms with Crippen LogP contribution in [0.25, 0.3) is 44.8 Å². The molecule has 2 nitrogen and oxygen atoms in total. The van der Waals surface area contributed by atoms with Crippen LogP contribution in [-0.2, 0) is 25.5 Å². The summed E-state index contributed by atoms with van der Waals surface area (Å²) in [7, 11) is 0. The van der Waals surface area contributed by atoms with Crippen LogP contribution in [0.2, 0.25) is 0 Å². The molecular weight excluding hydrogens is 677 g/mol. The van der Waals surface area contributed by atoms with E-state index < -0.39 is 0 Å². The van der Waals surface area contributed by atoms with E-state index in [-0.39, 0.29) is 25.5 Å². The predicted octanol–water partition coefficient (Wildman–Crippen LogP) is 9.38. The Morgan fingerprint density at radius 1 is 0.610 bits per heavy atom. The number of pyridine rings is 2. The summed E-state index contributed by atoms with van der Waals surface area (Å²) in [5.74, 6) is 0. The monoisotopic (exact) mass is 707 g/mol. The Kier molecular flexibility index (Phi) is 8.40. The maximum absolute atomic E-state index is 4.41. The zero-order chi connectivity index (χ0) is 27.5. The van der Waals surface area contributed by atoms with Crippen molar-refractivity contribution in [3.8, 4) is 44.8 Å². The zero-order valence-corrected chi connectivity index (χ0v) is 25.7. The minimum atomic E-state index is 0. The van der Waals surface area contributed by atoms with Crippen molar-refractivity contribution in [2.45, 2.75) is 26.2 Å². The van der Waals surface area contributed by atoms with Crippen LogP contribution in [0.3, 0.4) is 0 Å². The molecule has 3 heteroatoms. The number of hydrogen-bond acceptors (Lipinski definition) is 2. The Balaban J connectivity index is 0.000000204. The van der Waals surface area contributed by atoms with Crippen molar-refractivity contribution >= 4 is 0 Å². The fraction of sp³-hybridized carbons (Fsp3) is 0.105. The van der Waals surface area contributed by atoms with E-state index in [0.717, 1.165) is 28.2 Å². The second kappa shape index (κ2) is 12.1. The van der Waals surface area contributed by atoms with Crippen molar-refractivity contribution in [3.63, 3.8) is 0 Å². The fourth-order valence-corrected chi connectivity index (χ4v) is 5.42. The third-order valence-corrected chi connectivity index (χ3v) is 7.54. The molecule has 41 heavy (non-hydrogen) atoms. The molecule has 0 bridgehead atoms. The molecule has 0 atom stereocenters. The maximum Gasteiger partial charge on any atom is 0.0266 e. The van der Waals surface area contributed by atoms with E-state index in [0.29, 0.717) is 0 Å². The molecule has 2 heterocycles. The summed E-state index contributed by atoms with van der Waals surface area (Å²) >= 11 is 0. The summed E-state index contributed by atoms with van der Waals surface area (Å²) in [6.45, 7) is 6.63. The molecule has 0 saturated carbocycles. The van der Waals surface area contributed by atoms with Gasteiger partial charge in [0.15, 0.2) is 0 Å². The molecule has 0 spiro atoms. The molecule has 1 radical (unpaired) electrons. The second-order valence-corrected chi connectivity index (χ2v) is 10.6. The van der Waals surface area contributed by atoms with E-state index in [1.807, 2.05) is 73.8 Å². The first-order chi connectivity index (χ1) is 19.5. The third-order valence-electron chi connectivity index (χ3n) is 7.54. The second-order valence-electron chi connectivity index (χ2n) is 10.6. The Morgan fingerprint density at radius 2 is 1.34 bits per heavy atom. The first-order valence-corrected chi connectivity index (χ1v) is 13.6. The molecule has 2 aromatic heterocycles. The van der Waals surface area contributed by atoms with E-state index in [2.05, 4.69) is 96.6 Å². The average molecular weight is 707 g/mol. The molecule has 7 rings (SSSR count). The number of aryl methyl sites for hydroxylation is 1. The molecule has 6 aromatic rings. The van der Waals surface area contributed by atoms with E-state index in [1.165, 1.54) is 33.4 Å². The van der Waals surface area contributed by atoms with Gasteiger partial charge in [-0.05, 0) is 52.7 Å². The number of benzene rings is 4. The summed E-state index contributed by atoms with van der Waals surface area (Å²) < 4.78 is 0. The van der Waals surface area contributed by atoms with E-state index in [1.54, 1.807) is 0 Å². The van der Waals surface area contributed by atoms with Crippen LogP contribution in [0.15, 0.2) is 128 Å². The van der Waals surface area contributed by atoms with Gasteiger partial charge in [-0.25, -0.2) is 0 Å². The Labute approximate surface area is 256 Å². The number of rotatable bonds is 3. The van der Waals surface area contributed by atoms with Gasteiger partial charge in [-0.1, -0.05) is 91.7 Å². The first-order valence-electron chi connectivity index (χ1n) is 13.6. The van der Waals surface area contributed by atoms with Crippen LogP contribution >= 0.6 is 0 Å². The molecule has 0 fully saturated rings. The predicted molar refractivity (Wildman–Crippen MR) is 165 cm³/mol. The molecule has 0 aliphatic heterocycles. The standard InChI is InChI=1S/C26H20N.C12H10N.Ir/c1-26(2)23-8-4-3-7-21(23)22-15-14-20(17-24(22)26)18-10-12-19(13-11-18)25-9-5-6-16-27-25;1-10-6-5-9-12(13-10)11-7-3-2-4-8-11;/h3-12,14-17H,1-2H3;2-7,9H,1H3;/q2*-1;. The molecule has 4 aromatic carbocycles. The Bertz CT molecular complexity index is 1760. The molecule has 0 N–H and O–H groups in total. The van der Waals surface area contributed by atoms with Gasteiger partial charge in [0.05, 0.1) is 0 Å². The van der Waals surface area contributed by atoms with Crippen LogP contribution < -0.4 is 0 Å². The molecular formula is C38H30IrN2-2. The van der Waals surface area contributed by atoms with Gasteiger partial charge in [-0.2, -0.15) is 0 Å². The SMILES string of the molecule is CC1(C)c2ccccc2-c2ccc(-c3c[c-]c(-c4ccccn4)cc3)cc21.Cc1cccc(-c2[c-]cccc2)n1.[Ir]. The number of aromatic nitrogens is 2. The van der Waals surface area contributed by atoms with Crippen LogP contribution in [-0.4, -0.2) is 9.97 Å². The van der Waals surface area contributed by atoms with Gasteiger partial charge in [-0.15, -0.1) is 65.7 Å². The summed E-state index contributed by atoms with van der Waals surface area (Å²) in [5.41, 5.74) is 13.0. The van der Waals surface area contributed by atoms with Crippen LogP contribution in [0.1, 0.15) is 30.7 Å². The van der Waals surface area contributed by atoms with E-state index in [4.69, 9.17) is 0 Å². The summed E-state index contributed by atoms with van der Waals surface area (Å²) in [4.78, 5) is 8.82. The largest absolute Gasteiger partial charge is 0.305 e. The van der Waals surface area contributed by atoms with Gasteiger partial charge in [0, 0.05) is 37.4 Å². The van der Waals surface area contributed by atoms with Gasteiger partial charge in [0.1, 0.15) is 0 Å². The molecule has 0 unspecified atom stereocenters. The van der Waals surface area contributed by atoms with Crippen molar-refractivity contribution < 1.29 is 20.1 Å². The van der Waals surface area contributed by atoms with Gasteiger partial charge in [0.25, 0.3) is 0 Å². The van der Waals surface area contributed by atoms with E-state index in [9.17, 15) is 0 Å².